The Balaban J connectivity index is 2.28. The molecule has 0 saturated carbocycles. The van der Waals surface area contributed by atoms with E-state index in [0.717, 1.165) is 25.9 Å². The lowest BCUT2D eigenvalue weighted by atomic mass is 10.1. The van der Waals surface area contributed by atoms with Crippen LogP contribution in [0.4, 0.5) is 0 Å². The average molecular weight is 195 g/mol. The summed E-state index contributed by atoms with van der Waals surface area (Å²) in [7, 11) is 0. The number of nitrogens with two attached hydrogens (primary N) is 1. The Labute approximate surface area is 84.8 Å². The molecule has 1 heterocycles. The molecule has 3 N–H and O–H groups in total. The summed E-state index contributed by atoms with van der Waals surface area (Å²) in [5, 5.41) is 1.92. The van der Waals surface area contributed by atoms with Gasteiger partial charge >= 0.3 is 0 Å². The zero-order valence-electron chi connectivity index (χ0n) is 8.33. The van der Waals surface area contributed by atoms with Crippen LogP contribution in [0.2, 0.25) is 0 Å². The maximum Gasteiger partial charge on any atom is 0.252 e. The van der Waals surface area contributed by atoms with E-state index >= 15 is 0 Å². The summed E-state index contributed by atoms with van der Waals surface area (Å²) < 4.78 is 0. The van der Waals surface area contributed by atoms with Gasteiger partial charge in [0.25, 0.3) is 5.91 Å². The molecule has 0 radical (unpaired) electrons. The lowest BCUT2D eigenvalue weighted by Gasteiger charge is -2.27. The van der Waals surface area contributed by atoms with Gasteiger partial charge in [-0.3, -0.25) is 10.2 Å². The van der Waals surface area contributed by atoms with Gasteiger partial charge in [-0.15, -0.1) is 12.3 Å². The second-order valence-electron chi connectivity index (χ2n) is 3.54. The molecule has 78 valence electrons. The van der Waals surface area contributed by atoms with E-state index in [0.29, 0.717) is 6.42 Å². The molecule has 1 saturated heterocycles. The number of carbonyl (C=O) groups excluding carboxylic acids is 1. The third-order valence-corrected chi connectivity index (χ3v) is 2.30. The number of hydrogen-bond donors (Lipinski definition) is 2. The van der Waals surface area contributed by atoms with Crippen molar-refractivity contribution in [3.05, 3.63) is 0 Å². The Kier molecular flexibility index (Phi) is 4.44. The number of rotatable bonds is 3. The van der Waals surface area contributed by atoms with Crippen molar-refractivity contribution in [2.75, 3.05) is 13.1 Å². The van der Waals surface area contributed by atoms with Gasteiger partial charge in [-0.1, -0.05) is 6.42 Å². The molecule has 1 aliphatic heterocycles. The third kappa shape index (κ3) is 3.36. The van der Waals surface area contributed by atoms with Crippen molar-refractivity contribution in [2.24, 2.45) is 5.73 Å². The standard InChI is InChI=1S/C10H17N3O/c1-2-6-9(11)10(14)12-13-7-4-3-5-8-13/h1,9H,3-8,11H2,(H,12,14). The van der Waals surface area contributed by atoms with Crippen molar-refractivity contribution < 1.29 is 4.79 Å². The van der Waals surface area contributed by atoms with Crippen molar-refractivity contribution in [1.82, 2.24) is 10.4 Å². The zero-order valence-corrected chi connectivity index (χ0v) is 8.33. The predicted molar refractivity (Wildman–Crippen MR) is 55.0 cm³/mol. The quantitative estimate of drug-likeness (QED) is 0.616. The van der Waals surface area contributed by atoms with Crippen molar-refractivity contribution in [3.8, 4) is 12.3 Å². The molecule has 0 bridgehead atoms. The van der Waals surface area contributed by atoms with Crippen LogP contribution in [0.3, 0.4) is 0 Å². The maximum atomic E-state index is 11.4. The van der Waals surface area contributed by atoms with Crippen molar-refractivity contribution >= 4 is 5.91 Å². The van der Waals surface area contributed by atoms with Crippen LogP contribution in [0, 0.1) is 12.3 Å². The monoisotopic (exact) mass is 195 g/mol. The van der Waals surface area contributed by atoms with Crippen LogP contribution in [-0.4, -0.2) is 30.0 Å². The minimum absolute atomic E-state index is 0.176. The van der Waals surface area contributed by atoms with E-state index < -0.39 is 6.04 Å². The molecule has 0 spiro atoms. The van der Waals surface area contributed by atoms with Crippen LogP contribution in [0.25, 0.3) is 0 Å². The summed E-state index contributed by atoms with van der Waals surface area (Å²) in [4.78, 5) is 11.4. The highest BCUT2D eigenvalue weighted by Crippen LogP contribution is 2.05. The van der Waals surface area contributed by atoms with Gasteiger partial charge in [0, 0.05) is 19.5 Å². The molecule has 0 aliphatic carbocycles. The number of carbonyl (C=O) groups is 1. The highest BCUT2D eigenvalue weighted by atomic mass is 16.2. The highest BCUT2D eigenvalue weighted by molar-refractivity contribution is 5.81. The molecule has 0 aromatic rings. The maximum absolute atomic E-state index is 11.4. The summed E-state index contributed by atoms with van der Waals surface area (Å²) in [5.41, 5.74) is 8.34. The van der Waals surface area contributed by atoms with Crippen LogP contribution >= 0.6 is 0 Å². The molecule has 1 fully saturated rings. The number of nitrogens with zero attached hydrogens (tertiary/aromatic N) is 1. The topological polar surface area (TPSA) is 58.4 Å². The van der Waals surface area contributed by atoms with Crippen LogP contribution in [0.1, 0.15) is 25.7 Å². The van der Waals surface area contributed by atoms with Gasteiger partial charge in [0.05, 0.1) is 6.04 Å². The number of hydrogen-bond acceptors (Lipinski definition) is 3. The van der Waals surface area contributed by atoms with Gasteiger partial charge in [-0.2, -0.15) is 0 Å². The summed E-state index contributed by atoms with van der Waals surface area (Å²) in [6.07, 6.45) is 8.87. The van der Waals surface area contributed by atoms with Crippen molar-refractivity contribution in [3.63, 3.8) is 0 Å². The van der Waals surface area contributed by atoms with Crippen LogP contribution < -0.4 is 11.2 Å². The van der Waals surface area contributed by atoms with Gasteiger partial charge in [0.15, 0.2) is 0 Å². The smallest absolute Gasteiger partial charge is 0.252 e. The Morgan fingerprint density at radius 3 is 2.71 bits per heavy atom. The van der Waals surface area contributed by atoms with E-state index in [9.17, 15) is 4.79 Å². The largest absolute Gasteiger partial charge is 0.319 e. The van der Waals surface area contributed by atoms with Gasteiger partial charge in [-0.05, 0) is 12.8 Å². The van der Waals surface area contributed by atoms with E-state index in [1.807, 2.05) is 5.01 Å². The second-order valence-corrected chi connectivity index (χ2v) is 3.54. The molecule has 1 aliphatic rings. The van der Waals surface area contributed by atoms with Gasteiger partial charge in [-0.25, -0.2) is 5.01 Å². The second kappa shape index (κ2) is 5.63. The Morgan fingerprint density at radius 1 is 1.50 bits per heavy atom. The molecule has 1 rings (SSSR count). The minimum Gasteiger partial charge on any atom is -0.319 e. The fraction of sp³-hybridized carbons (Fsp3) is 0.700. The van der Waals surface area contributed by atoms with Crippen LogP contribution in [-0.2, 0) is 4.79 Å². The lowest BCUT2D eigenvalue weighted by molar-refractivity contribution is -0.127. The first-order valence-corrected chi connectivity index (χ1v) is 4.98. The van der Waals surface area contributed by atoms with Gasteiger partial charge in [0.1, 0.15) is 0 Å². The van der Waals surface area contributed by atoms with E-state index in [1.165, 1.54) is 6.42 Å². The zero-order chi connectivity index (χ0) is 10.4. The number of amides is 1. The first kappa shape index (κ1) is 11.0. The summed E-state index contributed by atoms with van der Waals surface area (Å²) >= 11 is 0. The SMILES string of the molecule is C#CCC(N)C(=O)NN1CCCCC1. The fourth-order valence-electron chi connectivity index (χ4n) is 1.46. The third-order valence-electron chi connectivity index (χ3n) is 2.30. The summed E-state index contributed by atoms with van der Waals surface area (Å²) in [5.74, 6) is 2.21. The van der Waals surface area contributed by atoms with Crippen molar-refractivity contribution in [1.29, 1.82) is 0 Å². The first-order valence-electron chi connectivity index (χ1n) is 4.98. The molecule has 0 aromatic heterocycles. The molecule has 1 unspecified atom stereocenters. The predicted octanol–water partition coefficient (Wildman–Crippen LogP) is -0.146. The molecule has 1 atom stereocenters. The average Bonchev–Trinajstić information content (AvgIpc) is 2.19. The molecule has 4 nitrogen and oxygen atoms in total. The number of hydrazine groups is 1. The van der Waals surface area contributed by atoms with Crippen LogP contribution in [0.15, 0.2) is 0 Å². The molecular weight excluding hydrogens is 178 g/mol. The number of piperidine rings is 1. The molecule has 1 amide bonds. The van der Waals surface area contributed by atoms with Gasteiger partial charge < -0.3 is 5.73 Å². The van der Waals surface area contributed by atoms with Crippen molar-refractivity contribution in [2.45, 2.75) is 31.7 Å². The Morgan fingerprint density at radius 2 is 2.14 bits per heavy atom. The van der Waals surface area contributed by atoms with E-state index in [1.54, 1.807) is 0 Å². The van der Waals surface area contributed by atoms with E-state index in [2.05, 4.69) is 11.3 Å². The van der Waals surface area contributed by atoms with E-state index in [4.69, 9.17) is 12.2 Å². The summed E-state index contributed by atoms with van der Waals surface area (Å²) in [6.45, 7) is 1.82. The lowest BCUT2D eigenvalue weighted by Crippen LogP contribution is -2.51. The molecular formula is C10H17N3O. The highest BCUT2D eigenvalue weighted by Gasteiger charge is 2.16. The molecule has 0 aromatic carbocycles. The molecule has 4 heteroatoms. The van der Waals surface area contributed by atoms with E-state index in [-0.39, 0.29) is 5.91 Å². The minimum atomic E-state index is -0.582. The first-order chi connectivity index (χ1) is 6.74. The Hall–Kier alpha value is -1.05. The summed E-state index contributed by atoms with van der Waals surface area (Å²) in [6, 6.07) is -0.582. The molecule has 14 heavy (non-hydrogen) atoms. The van der Waals surface area contributed by atoms with Gasteiger partial charge in [0.2, 0.25) is 0 Å². The Bertz CT molecular complexity index is 228. The normalized spacial score (nSPS) is 19.7. The fourth-order valence-corrected chi connectivity index (χ4v) is 1.46. The number of nitrogens with one attached hydrogen (secondary N) is 1. The number of terminal acetylenes is 1. The van der Waals surface area contributed by atoms with Crippen LogP contribution in [0.5, 0.6) is 0 Å².